The van der Waals surface area contributed by atoms with E-state index in [9.17, 15) is 9.59 Å². The zero-order valence-electron chi connectivity index (χ0n) is 16.5. The van der Waals surface area contributed by atoms with E-state index in [4.69, 9.17) is 4.74 Å². The van der Waals surface area contributed by atoms with E-state index < -0.39 is 6.04 Å². The van der Waals surface area contributed by atoms with Crippen LogP contribution in [0.4, 0.5) is 0 Å². The first-order chi connectivity index (χ1) is 13.1. The van der Waals surface area contributed by atoms with Crippen molar-refractivity contribution in [1.29, 1.82) is 0 Å². The molecule has 6 heteroatoms. The Morgan fingerprint density at radius 1 is 1.22 bits per heavy atom. The molecule has 1 unspecified atom stereocenters. The molecule has 1 aliphatic heterocycles. The van der Waals surface area contributed by atoms with Gasteiger partial charge < -0.3 is 14.5 Å². The fourth-order valence-electron chi connectivity index (χ4n) is 4.12. The summed E-state index contributed by atoms with van der Waals surface area (Å²) < 4.78 is 5.61. The van der Waals surface area contributed by atoms with Crippen molar-refractivity contribution in [1.82, 2.24) is 14.8 Å². The first-order valence-corrected chi connectivity index (χ1v) is 10.2. The van der Waals surface area contributed by atoms with Crippen molar-refractivity contribution in [2.24, 2.45) is 0 Å². The highest BCUT2D eigenvalue weighted by molar-refractivity contribution is 5.95. The normalized spacial score (nSPS) is 22.0. The molecule has 1 aromatic rings. The van der Waals surface area contributed by atoms with Gasteiger partial charge in [0.05, 0.1) is 6.10 Å². The van der Waals surface area contributed by atoms with Gasteiger partial charge in [-0.3, -0.25) is 14.6 Å². The second-order valence-corrected chi connectivity index (χ2v) is 7.81. The Kier molecular flexibility index (Phi) is 6.83. The molecule has 0 spiro atoms. The maximum atomic E-state index is 13.4. The molecule has 0 N–H and O–H groups in total. The zero-order chi connectivity index (χ0) is 19.2. The fourth-order valence-corrected chi connectivity index (χ4v) is 4.12. The summed E-state index contributed by atoms with van der Waals surface area (Å²) >= 11 is 0. The highest BCUT2D eigenvalue weighted by Gasteiger charge is 2.42. The summed E-state index contributed by atoms with van der Waals surface area (Å²) in [5, 5.41) is 0. The third kappa shape index (κ3) is 4.86. The number of rotatable bonds is 7. The molecule has 6 nitrogen and oxygen atoms in total. The molecular formula is C21H31N3O3. The van der Waals surface area contributed by atoms with Crippen LogP contribution in [0, 0.1) is 0 Å². The fraction of sp³-hybridized carbons (Fsp3) is 0.667. The number of aromatic nitrogens is 1. The van der Waals surface area contributed by atoms with Crippen LogP contribution in [0.1, 0.15) is 64.0 Å². The second kappa shape index (κ2) is 9.31. The van der Waals surface area contributed by atoms with Crippen LogP contribution in [0.3, 0.4) is 0 Å². The SMILES string of the molecule is CC(C)OCCCN1C(=O)CN(C2CCCCC2)C(=O)C1c1cccnc1. The van der Waals surface area contributed by atoms with Crippen molar-refractivity contribution in [3.05, 3.63) is 30.1 Å². The van der Waals surface area contributed by atoms with Gasteiger partial charge >= 0.3 is 0 Å². The summed E-state index contributed by atoms with van der Waals surface area (Å²) in [5.41, 5.74) is 0.793. The van der Waals surface area contributed by atoms with Crippen LogP contribution in [-0.2, 0) is 14.3 Å². The molecule has 3 rings (SSSR count). The summed E-state index contributed by atoms with van der Waals surface area (Å²) in [4.78, 5) is 34.1. The molecule has 1 saturated heterocycles. The Balaban J connectivity index is 1.78. The molecular weight excluding hydrogens is 342 g/mol. The monoisotopic (exact) mass is 373 g/mol. The minimum atomic E-state index is -0.569. The van der Waals surface area contributed by atoms with Crippen molar-refractivity contribution in [2.75, 3.05) is 19.7 Å². The molecule has 1 atom stereocenters. The van der Waals surface area contributed by atoms with Gasteiger partial charge in [0.15, 0.2) is 0 Å². The molecule has 0 bridgehead atoms. The third-order valence-corrected chi connectivity index (χ3v) is 5.46. The largest absolute Gasteiger partial charge is 0.379 e. The highest BCUT2D eigenvalue weighted by atomic mass is 16.5. The maximum absolute atomic E-state index is 13.4. The number of pyridine rings is 1. The Morgan fingerprint density at radius 2 is 2.00 bits per heavy atom. The molecule has 2 amide bonds. The van der Waals surface area contributed by atoms with Crippen molar-refractivity contribution < 1.29 is 14.3 Å². The molecule has 0 radical (unpaired) electrons. The van der Waals surface area contributed by atoms with Crippen LogP contribution in [0.25, 0.3) is 0 Å². The Morgan fingerprint density at radius 3 is 2.67 bits per heavy atom. The van der Waals surface area contributed by atoms with Gasteiger partial charge in [0.1, 0.15) is 12.6 Å². The first-order valence-electron chi connectivity index (χ1n) is 10.2. The Hall–Kier alpha value is -1.95. The molecule has 1 aromatic heterocycles. The Bertz CT molecular complexity index is 629. The van der Waals surface area contributed by atoms with E-state index in [1.807, 2.05) is 30.9 Å². The quantitative estimate of drug-likeness (QED) is 0.690. The van der Waals surface area contributed by atoms with Crippen LogP contribution < -0.4 is 0 Å². The van der Waals surface area contributed by atoms with E-state index in [-0.39, 0.29) is 30.5 Å². The standard InChI is InChI=1S/C21H31N3O3/c1-16(2)27-13-7-12-23-19(25)15-24(18-9-4-3-5-10-18)21(26)20(23)17-8-6-11-22-14-17/h6,8,11,14,16,18,20H,3-5,7,9-10,12-13,15H2,1-2H3. The summed E-state index contributed by atoms with van der Waals surface area (Å²) in [6, 6.07) is 3.35. The van der Waals surface area contributed by atoms with E-state index in [1.165, 1.54) is 6.42 Å². The van der Waals surface area contributed by atoms with Crippen molar-refractivity contribution in [3.63, 3.8) is 0 Å². The number of piperazine rings is 1. The van der Waals surface area contributed by atoms with Gasteiger partial charge in [-0.15, -0.1) is 0 Å². The van der Waals surface area contributed by atoms with Gasteiger partial charge in [-0.25, -0.2) is 0 Å². The van der Waals surface area contributed by atoms with E-state index >= 15 is 0 Å². The van der Waals surface area contributed by atoms with E-state index in [1.54, 1.807) is 17.3 Å². The summed E-state index contributed by atoms with van der Waals surface area (Å²) in [7, 11) is 0. The average molecular weight is 373 g/mol. The molecule has 0 aromatic carbocycles. The number of carbonyl (C=O) groups is 2. The summed E-state index contributed by atoms with van der Waals surface area (Å²) in [5.74, 6) is 0.0675. The maximum Gasteiger partial charge on any atom is 0.250 e. The van der Waals surface area contributed by atoms with Crippen molar-refractivity contribution in [2.45, 2.75) is 70.6 Å². The number of amides is 2. The van der Waals surface area contributed by atoms with Gasteiger partial charge in [0.25, 0.3) is 5.91 Å². The highest BCUT2D eigenvalue weighted by Crippen LogP contribution is 2.32. The van der Waals surface area contributed by atoms with E-state index in [0.29, 0.717) is 13.2 Å². The van der Waals surface area contributed by atoms with E-state index in [2.05, 4.69) is 4.98 Å². The van der Waals surface area contributed by atoms with Gasteiger partial charge in [0.2, 0.25) is 5.91 Å². The predicted molar refractivity (Wildman–Crippen MR) is 103 cm³/mol. The smallest absolute Gasteiger partial charge is 0.250 e. The lowest BCUT2D eigenvalue weighted by atomic mass is 9.92. The van der Waals surface area contributed by atoms with Crippen molar-refractivity contribution >= 4 is 11.8 Å². The topological polar surface area (TPSA) is 62.7 Å². The molecule has 148 valence electrons. The van der Waals surface area contributed by atoms with Crippen LogP contribution in [0.15, 0.2) is 24.5 Å². The van der Waals surface area contributed by atoms with Gasteiger partial charge in [-0.1, -0.05) is 25.3 Å². The summed E-state index contributed by atoms with van der Waals surface area (Å²) in [6.07, 6.45) is 9.78. The van der Waals surface area contributed by atoms with Crippen LogP contribution in [0.2, 0.25) is 0 Å². The molecule has 1 aliphatic carbocycles. The zero-order valence-corrected chi connectivity index (χ0v) is 16.5. The molecule has 1 saturated carbocycles. The molecule has 2 aliphatic rings. The minimum Gasteiger partial charge on any atom is -0.379 e. The first kappa shape index (κ1) is 19.8. The predicted octanol–water partition coefficient (Wildman–Crippen LogP) is 2.94. The average Bonchev–Trinajstić information content (AvgIpc) is 2.68. The lowest BCUT2D eigenvalue weighted by molar-refractivity contribution is -0.159. The second-order valence-electron chi connectivity index (χ2n) is 7.81. The number of hydrogen-bond donors (Lipinski definition) is 0. The lowest BCUT2D eigenvalue weighted by Crippen LogP contribution is -2.58. The number of nitrogens with zero attached hydrogens (tertiary/aromatic N) is 3. The van der Waals surface area contributed by atoms with Gasteiger partial charge in [0, 0.05) is 37.2 Å². The number of ether oxygens (including phenoxy) is 1. The van der Waals surface area contributed by atoms with Crippen molar-refractivity contribution in [3.8, 4) is 0 Å². The third-order valence-electron chi connectivity index (χ3n) is 5.46. The minimum absolute atomic E-state index is 0.0265. The van der Waals surface area contributed by atoms with Crippen LogP contribution >= 0.6 is 0 Å². The van der Waals surface area contributed by atoms with Crippen LogP contribution in [0.5, 0.6) is 0 Å². The molecule has 2 heterocycles. The Labute approximate surface area is 161 Å². The number of hydrogen-bond acceptors (Lipinski definition) is 4. The molecule has 2 fully saturated rings. The van der Waals surface area contributed by atoms with Gasteiger partial charge in [-0.05, 0) is 39.2 Å². The number of carbonyl (C=O) groups excluding carboxylic acids is 2. The van der Waals surface area contributed by atoms with E-state index in [0.717, 1.165) is 37.7 Å². The van der Waals surface area contributed by atoms with Crippen LogP contribution in [-0.4, -0.2) is 58.4 Å². The molecule has 27 heavy (non-hydrogen) atoms. The van der Waals surface area contributed by atoms with Gasteiger partial charge in [-0.2, -0.15) is 0 Å². The lowest BCUT2D eigenvalue weighted by Gasteiger charge is -2.44. The summed E-state index contributed by atoms with van der Waals surface area (Å²) in [6.45, 7) is 5.30.